The van der Waals surface area contributed by atoms with Crippen LogP contribution in [-0.4, -0.2) is 11.2 Å². The van der Waals surface area contributed by atoms with Crippen molar-refractivity contribution in [3.63, 3.8) is 0 Å². The molecule has 0 saturated carbocycles. The quantitative estimate of drug-likeness (QED) is 0.891. The summed E-state index contributed by atoms with van der Waals surface area (Å²) in [5, 5.41) is 3.97. The molecular formula is C14H17ClN2O. The van der Waals surface area contributed by atoms with Gasteiger partial charge in [0.1, 0.15) is 5.75 Å². The smallest absolute Gasteiger partial charge is 0.138 e. The number of benzene rings is 1. The molecule has 0 aliphatic heterocycles. The molecule has 1 heterocycles. The van der Waals surface area contributed by atoms with Crippen LogP contribution in [0.4, 0.5) is 5.69 Å². The molecule has 0 aliphatic rings. The molecule has 4 heteroatoms. The Kier molecular flexibility index (Phi) is 4.15. The van der Waals surface area contributed by atoms with Crippen LogP contribution in [0.1, 0.15) is 12.6 Å². The first-order chi connectivity index (χ1) is 8.70. The Morgan fingerprint density at radius 2 is 2.17 bits per heavy atom. The van der Waals surface area contributed by atoms with E-state index in [4.69, 9.17) is 16.3 Å². The van der Waals surface area contributed by atoms with Crippen molar-refractivity contribution >= 4 is 17.3 Å². The van der Waals surface area contributed by atoms with Crippen molar-refractivity contribution in [3.05, 3.63) is 47.2 Å². The van der Waals surface area contributed by atoms with Crippen LogP contribution in [0, 0.1) is 0 Å². The van der Waals surface area contributed by atoms with Crippen molar-refractivity contribution in [1.29, 1.82) is 0 Å². The van der Waals surface area contributed by atoms with Gasteiger partial charge in [-0.25, -0.2) is 0 Å². The number of aromatic nitrogens is 1. The van der Waals surface area contributed by atoms with Crippen molar-refractivity contribution in [2.75, 3.05) is 11.9 Å². The summed E-state index contributed by atoms with van der Waals surface area (Å²) in [5.74, 6) is 0.726. The van der Waals surface area contributed by atoms with Crippen LogP contribution >= 0.6 is 11.6 Å². The highest BCUT2D eigenvalue weighted by Gasteiger charge is 2.03. The van der Waals surface area contributed by atoms with E-state index in [2.05, 4.69) is 16.0 Å². The Balaban J connectivity index is 2.02. The predicted octanol–water partition coefficient (Wildman–Crippen LogP) is 3.69. The maximum atomic E-state index is 6.13. The molecule has 1 N–H and O–H groups in total. The topological polar surface area (TPSA) is 26.2 Å². The number of ether oxygens (including phenoxy) is 1. The number of hydrogen-bond acceptors (Lipinski definition) is 2. The van der Waals surface area contributed by atoms with Gasteiger partial charge in [0.2, 0.25) is 0 Å². The van der Waals surface area contributed by atoms with Crippen LogP contribution in [0.25, 0.3) is 0 Å². The maximum absolute atomic E-state index is 6.13. The highest BCUT2D eigenvalue weighted by Crippen LogP contribution is 2.27. The van der Waals surface area contributed by atoms with Crippen LogP contribution < -0.4 is 10.1 Å². The first-order valence-corrected chi connectivity index (χ1v) is 6.35. The third-order valence-corrected chi connectivity index (χ3v) is 3.05. The number of aryl methyl sites for hydroxylation is 1. The summed E-state index contributed by atoms with van der Waals surface area (Å²) in [6.45, 7) is 3.33. The van der Waals surface area contributed by atoms with Gasteiger partial charge >= 0.3 is 0 Å². The molecule has 96 valence electrons. The summed E-state index contributed by atoms with van der Waals surface area (Å²) in [6, 6.07) is 9.86. The van der Waals surface area contributed by atoms with E-state index in [-0.39, 0.29) is 0 Å². The largest absolute Gasteiger partial charge is 0.492 e. The molecule has 0 bridgehead atoms. The molecule has 2 rings (SSSR count). The minimum Gasteiger partial charge on any atom is -0.492 e. The Morgan fingerprint density at radius 1 is 1.33 bits per heavy atom. The molecule has 1 aromatic heterocycles. The zero-order chi connectivity index (χ0) is 13.0. The van der Waals surface area contributed by atoms with Gasteiger partial charge in [-0.1, -0.05) is 11.6 Å². The fraction of sp³-hybridized carbons (Fsp3) is 0.286. The summed E-state index contributed by atoms with van der Waals surface area (Å²) < 4.78 is 7.48. The molecule has 1 aromatic carbocycles. The lowest BCUT2D eigenvalue weighted by atomic mass is 10.3. The van der Waals surface area contributed by atoms with Crippen LogP contribution in [-0.2, 0) is 13.6 Å². The zero-order valence-corrected chi connectivity index (χ0v) is 11.4. The van der Waals surface area contributed by atoms with E-state index in [1.807, 2.05) is 44.4 Å². The van der Waals surface area contributed by atoms with E-state index in [9.17, 15) is 0 Å². The summed E-state index contributed by atoms with van der Waals surface area (Å²) in [4.78, 5) is 0. The van der Waals surface area contributed by atoms with Crippen molar-refractivity contribution in [2.24, 2.45) is 7.05 Å². The Morgan fingerprint density at radius 3 is 2.78 bits per heavy atom. The van der Waals surface area contributed by atoms with Gasteiger partial charge in [0.25, 0.3) is 0 Å². The van der Waals surface area contributed by atoms with E-state index < -0.39 is 0 Å². The molecule has 0 fully saturated rings. The molecular weight excluding hydrogens is 248 g/mol. The number of hydrogen-bond donors (Lipinski definition) is 1. The summed E-state index contributed by atoms with van der Waals surface area (Å²) in [5.41, 5.74) is 2.21. The van der Waals surface area contributed by atoms with Crippen molar-refractivity contribution in [1.82, 2.24) is 4.57 Å². The molecule has 0 saturated heterocycles. The van der Waals surface area contributed by atoms with Crippen molar-refractivity contribution < 1.29 is 4.74 Å². The minimum atomic E-state index is 0.621. The summed E-state index contributed by atoms with van der Waals surface area (Å²) in [7, 11) is 2.03. The summed E-state index contributed by atoms with van der Waals surface area (Å²) in [6.07, 6.45) is 2.03. The lowest BCUT2D eigenvalue weighted by Gasteiger charge is -2.10. The number of nitrogens with one attached hydrogen (secondary N) is 1. The molecule has 3 nitrogen and oxygen atoms in total. The monoisotopic (exact) mass is 264 g/mol. The average Bonchev–Trinajstić information content (AvgIpc) is 2.76. The van der Waals surface area contributed by atoms with Gasteiger partial charge in [-0.05, 0) is 37.3 Å². The van der Waals surface area contributed by atoms with Gasteiger partial charge in [0, 0.05) is 24.6 Å². The second kappa shape index (κ2) is 5.83. The minimum absolute atomic E-state index is 0.621. The number of nitrogens with zero attached hydrogens (tertiary/aromatic N) is 1. The predicted molar refractivity (Wildman–Crippen MR) is 75.4 cm³/mol. The SMILES string of the molecule is CCOc1ccc(NCc2cccn2C)cc1Cl. The third-order valence-electron chi connectivity index (χ3n) is 2.76. The van der Waals surface area contributed by atoms with Crippen LogP contribution in [0.3, 0.4) is 0 Å². The lowest BCUT2D eigenvalue weighted by Crippen LogP contribution is -2.04. The Bertz CT molecular complexity index is 522. The van der Waals surface area contributed by atoms with Gasteiger partial charge in [-0.2, -0.15) is 0 Å². The van der Waals surface area contributed by atoms with Gasteiger partial charge in [-0.15, -0.1) is 0 Å². The van der Waals surface area contributed by atoms with E-state index in [1.165, 1.54) is 5.69 Å². The van der Waals surface area contributed by atoms with Crippen LogP contribution in [0.2, 0.25) is 5.02 Å². The van der Waals surface area contributed by atoms with Crippen molar-refractivity contribution in [2.45, 2.75) is 13.5 Å². The van der Waals surface area contributed by atoms with E-state index in [0.29, 0.717) is 11.6 Å². The Hall–Kier alpha value is -1.61. The normalized spacial score (nSPS) is 10.4. The summed E-state index contributed by atoms with van der Waals surface area (Å²) >= 11 is 6.13. The van der Waals surface area contributed by atoms with Gasteiger partial charge in [0.05, 0.1) is 18.2 Å². The second-order valence-electron chi connectivity index (χ2n) is 4.04. The molecule has 0 radical (unpaired) electrons. The first kappa shape index (κ1) is 12.8. The second-order valence-corrected chi connectivity index (χ2v) is 4.45. The van der Waals surface area contributed by atoms with E-state index >= 15 is 0 Å². The fourth-order valence-corrected chi connectivity index (χ4v) is 1.99. The Labute approximate surface area is 112 Å². The van der Waals surface area contributed by atoms with Gasteiger partial charge < -0.3 is 14.6 Å². The standard InChI is InChI=1S/C14H17ClN2O/c1-3-18-14-7-6-11(9-13(14)15)16-10-12-5-4-8-17(12)2/h4-9,16H,3,10H2,1-2H3. The molecule has 18 heavy (non-hydrogen) atoms. The van der Waals surface area contributed by atoms with Gasteiger partial charge in [-0.3, -0.25) is 0 Å². The van der Waals surface area contributed by atoms with Crippen LogP contribution in [0.15, 0.2) is 36.5 Å². The molecule has 0 aliphatic carbocycles. The lowest BCUT2D eigenvalue weighted by molar-refractivity contribution is 0.340. The first-order valence-electron chi connectivity index (χ1n) is 5.97. The number of rotatable bonds is 5. The maximum Gasteiger partial charge on any atom is 0.138 e. The van der Waals surface area contributed by atoms with Crippen LogP contribution in [0.5, 0.6) is 5.75 Å². The third kappa shape index (κ3) is 2.99. The molecule has 0 unspecified atom stereocenters. The molecule has 0 atom stereocenters. The number of anilines is 1. The molecule has 0 spiro atoms. The molecule has 0 amide bonds. The number of halogens is 1. The average molecular weight is 265 g/mol. The highest BCUT2D eigenvalue weighted by molar-refractivity contribution is 6.32. The van der Waals surface area contributed by atoms with E-state index in [0.717, 1.165) is 18.0 Å². The highest BCUT2D eigenvalue weighted by atomic mass is 35.5. The van der Waals surface area contributed by atoms with Gasteiger partial charge in [0.15, 0.2) is 0 Å². The fourth-order valence-electron chi connectivity index (χ4n) is 1.76. The molecule has 2 aromatic rings. The van der Waals surface area contributed by atoms with Crippen molar-refractivity contribution in [3.8, 4) is 5.75 Å². The van der Waals surface area contributed by atoms with E-state index in [1.54, 1.807) is 0 Å². The zero-order valence-electron chi connectivity index (χ0n) is 10.6.